The lowest BCUT2D eigenvalue weighted by atomic mass is 10.0. The highest BCUT2D eigenvalue weighted by molar-refractivity contribution is 6.69. The first-order valence-electron chi connectivity index (χ1n) is 4.54. The summed E-state index contributed by atoms with van der Waals surface area (Å²) < 4.78 is -1.72. The van der Waals surface area contributed by atoms with Crippen molar-refractivity contribution in [2.75, 3.05) is 0 Å². The van der Waals surface area contributed by atoms with E-state index in [-0.39, 0.29) is 18.6 Å². The molecule has 1 unspecified atom stereocenters. The SMILES string of the molecule is N=C(CCC[C@H](N)C(=O)O)C(N)C(Cl)(Cl)Cl. The number of aliphatic carboxylic acids is 1. The first-order chi connectivity index (χ1) is 7.16. The summed E-state index contributed by atoms with van der Waals surface area (Å²) >= 11 is 16.5. The number of carboxylic acid groups (broad SMARTS) is 1. The summed E-state index contributed by atoms with van der Waals surface area (Å²) in [4.78, 5) is 10.4. The van der Waals surface area contributed by atoms with Crippen LogP contribution in [-0.4, -0.2) is 32.7 Å². The number of hydrogen-bond donors (Lipinski definition) is 4. The fourth-order valence-corrected chi connectivity index (χ4v) is 1.38. The molecule has 0 aliphatic heterocycles. The van der Waals surface area contributed by atoms with Crippen molar-refractivity contribution in [3.63, 3.8) is 0 Å². The highest BCUT2D eigenvalue weighted by Gasteiger charge is 2.32. The Bertz CT molecular complexity index is 268. The van der Waals surface area contributed by atoms with Crippen molar-refractivity contribution in [1.82, 2.24) is 0 Å². The molecule has 0 aromatic rings. The number of alkyl halides is 3. The fourth-order valence-electron chi connectivity index (χ4n) is 0.989. The number of hydrogen-bond acceptors (Lipinski definition) is 4. The molecule has 0 aliphatic rings. The third kappa shape index (κ3) is 5.86. The van der Waals surface area contributed by atoms with E-state index in [2.05, 4.69) is 0 Å². The zero-order chi connectivity index (χ0) is 12.9. The first-order valence-corrected chi connectivity index (χ1v) is 5.67. The zero-order valence-corrected chi connectivity index (χ0v) is 10.7. The van der Waals surface area contributed by atoms with Crippen molar-refractivity contribution in [3.05, 3.63) is 0 Å². The minimum absolute atomic E-state index is 0.0672. The Hall–Kier alpha value is -0.0700. The largest absolute Gasteiger partial charge is 0.480 e. The van der Waals surface area contributed by atoms with Crippen LogP contribution in [0.4, 0.5) is 0 Å². The molecule has 5 nitrogen and oxygen atoms in total. The van der Waals surface area contributed by atoms with E-state index >= 15 is 0 Å². The molecule has 0 radical (unpaired) electrons. The van der Waals surface area contributed by atoms with E-state index in [1.165, 1.54) is 0 Å². The second-order valence-corrected chi connectivity index (χ2v) is 5.75. The fraction of sp³-hybridized carbons (Fsp3) is 0.750. The van der Waals surface area contributed by atoms with Crippen molar-refractivity contribution >= 4 is 46.5 Å². The van der Waals surface area contributed by atoms with Gasteiger partial charge < -0.3 is 22.0 Å². The maximum atomic E-state index is 10.4. The van der Waals surface area contributed by atoms with Crippen molar-refractivity contribution in [1.29, 1.82) is 5.41 Å². The second-order valence-electron chi connectivity index (χ2n) is 3.38. The van der Waals surface area contributed by atoms with Crippen LogP contribution >= 0.6 is 34.8 Å². The van der Waals surface area contributed by atoms with Crippen LogP contribution in [0.1, 0.15) is 19.3 Å². The molecule has 0 fully saturated rings. The molecule has 6 N–H and O–H groups in total. The lowest BCUT2D eigenvalue weighted by Gasteiger charge is -2.20. The number of rotatable bonds is 6. The van der Waals surface area contributed by atoms with Crippen LogP contribution in [0.25, 0.3) is 0 Å². The molecular weight excluding hydrogens is 276 g/mol. The summed E-state index contributed by atoms with van der Waals surface area (Å²) in [5, 5.41) is 16.1. The smallest absolute Gasteiger partial charge is 0.320 e. The van der Waals surface area contributed by atoms with Crippen LogP contribution in [0.3, 0.4) is 0 Å². The Labute approximate surface area is 109 Å². The summed E-state index contributed by atoms with van der Waals surface area (Å²) in [7, 11) is 0. The topological polar surface area (TPSA) is 113 Å². The zero-order valence-electron chi connectivity index (χ0n) is 8.42. The van der Waals surface area contributed by atoms with Gasteiger partial charge in [-0.3, -0.25) is 4.79 Å². The monoisotopic (exact) mass is 289 g/mol. The lowest BCUT2D eigenvalue weighted by Crippen LogP contribution is -2.42. The van der Waals surface area contributed by atoms with Crippen LogP contribution in [0.2, 0.25) is 0 Å². The van der Waals surface area contributed by atoms with E-state index in [0.717, 1.165) is 0 Å². The van der Waals surface area contributed by atoms with E-state index in [4.69, 9.17) is 56.8 Å². The maximum absolute atomic E-state index is 10.4. The molecule has 0 rings (SSSR count). The molecule has 94 valence electrons. The second kappa shape index (κ2) is 6.61. The predicted molar refractivity (Wildman–Crippen MR) is 65.5 cm³/mol. The molecule has 0 amide bonds. The molecule has 0 aromatic heterocycles. The number of halogens is 3. The Balaban J connectivity index is 3.96. The van der Waals surface area contributed by atoms with Crippen LogP contribution in [0, 0.1) is 5.41 Å². The number of carboxylic acids is 1. The third-order valence-electron chi connectivity index (χ3n) is 2.01. The third-order valence-corrected chi connectivity index (χ3v) is 2.71. The standard InChI is InChI=1S/C8H14Cl3N3O2/c9-8(10,11)6(14)4(12)2-1-3-5(13)7(15)16/h5-6,12H,1-3,13-14H2,(H,15,16)/t5-,6?/m0/s1. The van der Waals surface area contributed by atoms with Gasteiger partial charge in [-0.1, -0.05) is 34.8 Å². The van der Waals surface area contributed by atoms with E-state index < -0.39 is 21.8 Å². The molecule has 0 bridgehead atoms. The average molecular weight is 291 g/mol. The van der Waals surface area contributed by atoms with Crippen molar-refractivity contribution in [2.24, 2.45) is 11.5 Å². The summed E-state index contributed by atoms with van der Waals surface area (Å²) in [6, 6.07) is -1.92. The van der Waals surface area contributed by atoms with Gasteiger partial charge in [-0.15, -0.1) is 0 Å². The van der Waals surface area contributed by atoms with Crippen LogP contribution in [0.15, 0.2) is 0 Å². The van der Waals surface area contributed by atoms with Gasteiger partial charge in [0.1, 0.15) is 6.04 Å². The Morgan fingerprint density at radius 3 is 2.25 bits per heavy atom. The van der Waals surface area contributed by atoms with Crippen molar-refractivity contribution in [3.8, 4) is 0 Å². The van der Waals surface area contributed by atoms with Gasteiger partial charge >= 0.3 is 5.97 Å². The maximum Gasteiger partial charge on any atom is 0.320 e. The molecular formula is C8H14Cl3N3O2. The van der Waals surface area contributed by atoms with E-state index in [0.29, 0.717) is 6.42 Å². The highest BCUT2D eigenvalue weighted by atomic mass is 35.6. The van der Waals surface area contributed by atoms with E-state index in [1.807, 2.05) is 0 Å². The predicted octanol–water partition coefficient (Wildman–Crippen LogP) is 1.29. The lowest BCUT2D eigenvalue weighted by molar-refractivity contribution is -0.138. The van der Waals surface area contributed by atoms with Gasteiger partial charge in [0.05, 0.1) is 6.04 Å². The summed E-state index contributed by atoms with van der Waals surface area (Å²) in [6.07, 6.45) is 0.932. The van der Waals surface area contributed by atoms with E-state index in [9.17, 15) is 4.79 Å². The molecule has 0 aromatic carbocycles. The van der Waals surface area contributed by atoms with Crippen LogP contribution < -0.4 is 11.5 Å². The highest BCUT2D eigenvalue weighted by Crippen LogP contribution is 2.30. The number of nitrogens with two attached hydrogens (primary N) is 2. The summed E-state index contributed by atoms with van der Waals surface area (Å²) in [6.45, 7) is 0. The molecule has 0 heterocycles. The Morgan fingerprint density at radius 2 is 1.88 bits per heavy atom. The quantitative estimate of drug-likeness (QED) is 0.436. The normalized spacial score (nSPS) is 15.6. The Morgan fingerprint density at radius 1 is 1.38 bits per heavy atom. The summed E-state index contributed by atoms with van der Waals surface area (Å²) in [5.41, 5.74) is 10.9. The first kappa shape index (κ1) is 15.9. The van der Waals surface area contributed by atoms with Gasteiger partial charge in [-0.05, 0) is 19.3 Å². The van der Waals surface area contributed by atoms with Crippen LogP contribution in [0.5, 0.6) is 0 Å². The molecule has 8 heteroatoms. The van der Waals surface area contributed by atoms with Crippen LogP contribution in [-0.2, 0) is 4.79 Å². The van der Waals surface area contributed by atoms with Gasteiger partial charge in [0.25, 0.3) is 0 Å². The Kier molecular flexibility index (Phi) is 6.58. The van der Waals surface area contributed by atoms with Gasteiger partial charge in [-0.2, -0.15) is 0 Å². The van der Waals surface area contributed by atoms with E-state index in [1.54, 1.807) is 0 Å². The minimum Gasteiger partial charge on any atom is -0.480 e. The van der Waals surface area contributed by atoms with Crippen molar-refractivity contribution in [2.45, 2.75) is 35.1 Å². The number of nitrogens with one attached hydrogen (secondary N) is 1. The van der Waals surface area contributed by atoms with Crippen molar-refractivity contribution < 1.29 is 9.90 Å². The van der Waals surface area contributed by atoms with Gasteiger partial charge in [-0.25, -0.2) is 0 Å². The van der Waals surface area contributed by atoms with Gasteiger partial charge in [0.2, 0.25) is 3.79 Å². The average Bonchev–Trinajstić information content (AvgIpc) is 2.14. The van der Waals surface area contributed by atoms with Gasteiger partial charge in [0.15, 0.2) is 0 Å². The van der Waals surface area contributed by atoms with Gasteiger partial charge in [0, 0.05) is 5.71 Å². The molecule has 2 atom stereocenters. The molecule has 0 saturated carbocycles. The molecule has 0 aliphatic carbocycles. The molecule has 16 heavy (non-hydrogen) atoms. The molecule has 0 spiro atoms. The summed E-state index contributed by atoms with van der Waals surface area (Å²) in [5.74, 6) is -1.07. The minimum atomic E-state index is -1.72. The molecule has 0 saturated heterocycles. The number of carbonyl (C=O) groups is 1.